The molecule has 2 rings (SSSR count). The number of hydrogen-bond acceptors (Lipinski definition) is 3. The highest BCUT2D eigenvalue weighted by molar-refractivity contribution is 9.10. The predicted octanol–water partition coefficient (Wildman–Crippen LogP) is 1.70. The van der Waals surface area contributed by atoms with Gasteiger partial charge in [0.2, 0.25) is 10.0 Å². The van der Waals surface area contributed by atoms with E-state index in [1.807, 2.05) is 0 Å². The molecule has 0 saturated carbocycles. The highest BCUT2D eigenvalue weighted by Gasteiger charge is 2.35. The molecule has 2 N–H and O–H groups in total. The SMILES string of the molecule is NCC1CCCN1S(=O)(=O)c1ccc(F)cc1Br. The fourth-order valence-electron chi connectivity index (χ4n) is 2.17. The molecular weight excluding hydrogens is 323 g/mol. The van der Waals surface area contributed by atoms with Crippen molar-refractivity contribution in [3.05, 3.63) is 28.5 Å². The fourth-order valence-corrected chi connectivity index (χ4v) is 4.89. The minimum absolute atomic E-state index is 0.0873. The van der Waals surface area contributed by atoms with Crippen molar-refractivity contribution in [3.63, 3.8) is 0 Å². The quantitative estimate of drug-likeness (QED) is 0.913. The number of nitrogens with two attached hydrogens (primary N) is 1. The zero-order chi connectivity index (χ0) is 13.3. The van der Waals surface area contributed by atoms with Crippen molar-refractivity contribution < 1.29 is 12.8 Å². The molecular formula is C11H14BrFN2O2S. The van der Waals surface area contributed by atoms with Crippen molar-refractivity contribution in [2.45, 2.75) is 23.8 Å². The average molecular weight is 337 g/mol. The first-order valence-corrected chi connectivity index (χ1v) is 7.87. The number of rotatable bonds is 3. The van der Waals surface area contributed by atoms with Gasteiger partial charge in [-0.2, -0.15) is 4.31 Å². The lowest BCUT2D eigenvalue weighted by molar-refractivity contribution is 0.393. The standard InChI is InChI=1S/C11H14BrFN2O2S/c12-10-6-8(13)3-4-11(10)18(16,17)15-5-1-2-9(15)7-14/h3-4,6,9H,1-2,5,7,14H2. The predicted molar refractivity (Wildman–Crippen MR) is 70.1 cm³/mol. The van der Waals surface area contributed by atoms with Crippen molar-refractivity contribution in [3.8, 4) is 0 Å². The molecule has 1 aromatic carbocycles. The normalized spacial score (nSPS) is 21.4. The van der Waals surface area contributed by atoms with Gasteiger partial charge in [-0.15, -0.1) is 0 Å². The minimum atomic E-state index is -3.61. The van der Waals surface area contributed by atoms with Crippen molar-refractivity contribution in [2.24, 2.45) is 5.73 Å². The molecule has 1 aromatic rings. The molecule has 0 radical (unpaired) electrons. The van der Waals surface area contributed by atoms with Crippen LogP contribution < -0.4 is 5.73 Å². The summed E-state index contributed by atoms with van der Waals surface area (Å²) < 4.78 is 39.6. The third-order valence-electron chi connectivity index (χ3n) is 3.08. The van der Waals surface area contributed by atoms with E-state index in [4.69, 9.17) is 5.73 Å². The summed E-state index contributed by atoms with van der Waals surface area (Å²) >= 11 is 3.09. The molecule has 18 heavy (non-hydrogen) atoms. The maximum Gasteiger partial charge on any atom is 0.244 e. The highest BCUT2D eigenvalue weighted by atomic mass is 79.9. The number of halogens is 2. The smallest absolute Gasteiger partial charge is 0.244 e. The highest BCUT2D eigenvalue weighted by Crippen LogP contribution is 2.30. The zero-order valence-corrected chi connectivity index (χ0v) is 12.0. The number of benzene rings is 1. The van der Waals surface area contributed by atoms with Crippen LogP contribution in [-0.4, -0.2) is 31.9 Å². The van der Waals surface area contributed by atoms with Crippen LogP contribution in [0, 0.1) is 5.82 Å². The third-order valence-corrected chi connectivity index (χ3v) is 6.00. The van der Waals surface area contributed by atoms with E-state index in [1.165, 1.54) is 10.4 Å². The Morgan fingerprint density at radius 2 is 2.22 bits per heavy atom. The van der Waals surface area contributed by atoms with Crippen molar-refractivity contribution in [1.82, 2.24) is 4.31 Å². The molecule has 1 atom stereocenters. The van der Waals surface area contributed by atoms with Crippen molar-refractivity contribution in [2.75, 3.05) is 13.1 Å². The molecule has 0 amide bonds. The second kappa shape index (κ2) is 5.24. The average Bonchev–Trinajstić information content (AvgIpc) is 2.76. The topological polar surface area (TPSA) is 63.4 Å². The molecule has 4 nitrogen and oxygen atoms in total. The Labute approximate surface area is 114 Å². The summed E-state index contributed by atoms with van der Waals surface area (Å²) in [4.78, 5) is 0.0873. The molecule has 7 heteroatoms. The second-order valence-corrected chi connectivity index (χ2v) is 6.94. The molecule has 0 bridgehead atoms. The van der Waals surface area contributed by atoms with Crippen LogP contribution in [0.3, 0.4) is 0 Å². The summed E-state index contributed by atoms with van der Waals surface area (Å²) in [6.07, 6.45) is 1.58. The van der Waals surface area contributed by atoms with Crippen molar-refractivity contribution in [1.29, 1.82) is 0 Å². The van der Waals surface area contributed by atoms with Gasteiger partial charge in [-0.1, -0.05) is 0 Å². The molecule has 0 aliphatic carbocycles. The summed E-state index contributed by atoms with van der Waals surface area (Å²) in [6, 6.07) is 3.42. The van der Waals surface area contributed by atoms with Crippen LogP contribution >= 0.6 is 15.9 Å². The lowest BCUT2D eigenvalue weighted by atomic mass is 10.2. The van der Waals surface area contributed by atoms with E-state index in [1.54, 1.807) is 0 Å². The molecule has 0 spiro atoms. The Morgan fingerprint density at radius 3 is 2.83 bits per heavy atom. The van der Waals surface area contributed by atoms with E-state index in [0.717, 1.165) is 25.0 Å². The summed E-state index contributed by atoms with van der Waals surface area (Å²) in [7, 11) is -3.61. The lowest BCUT2D eigenvalue weighted by Gasteiger charge is -2.23. The van der Waals surface area contributed by atoms with E-state index in [9.17, 15) is 12.8 Å². The molecule has 100 valence electrons. The van der Waals surface area contributed by atoms with Gasteiger partial charge in [-0.25, -0.2) is 12.8 Å². The summed E-state index contributed by atoms with van der Waals surface area (Å²) in [5.41, 5.74) is 5.58. The maximum atomic E-state index is 13.0. The summed E-state index contributed by atoms with van der Waals surface area (Å²) in [5.74, 6) is -0.474. The Balaban J connectivity index is 2.42. The van der Waals surface area contributed by atoms with Crippen LogP contribution in [0.15, 0.2) is 27.6 Å². The van der Waals surface area contributed by atoms with E-state index < -0.39 is 15.8 Å². The monoisotopic (exact) mass is 336 g/mol. The fraction of sp³-hybridized carbons (Fsp3) is 0.455. The zero-order valence-electron chi connectivity index (χ0n) is 9.64. The first kappa shape index (κ1) is 13.9. The van der Waals surface area contributed by atoms with Crippen LogP contribution in [0.25, 0.3) is 0 Å². The molecule has 1 fully saturated rings. The molecule has 1 saturated heterocycles. The van der Waals surface area contributed by atoms with Crippen LogP contribution in [0.1, 0.15) is 12.8 Å². The third kappa shape index (κ3) is 2.45. The maximum absolute atomic E-state index is 13.0. The Hall–Kier alpha value is -0.500. The Morgan fingerprint density at radius 1 is 1.50 bits per heavy atom. The molecule has 1 aliphatic rings. The van der Waals surface area contributed by atoms with Gasteiger partial charge >= 0.3 is 0 Å². The largest absolute Gasteiger partial charge is 0.329 e. The summed E-state index contributed by atoms with van der Waals surface area (Å²) in [5, 5.41) is 0. The Bertz CT molecular complexity index is 550. The first-order valence-electron chi connectivity index (χ1n) is 5.64. The van der Waals surface area contributed by atoms with E-state index in [2.05, 4.69) is 15.9 Å². The van der Waals surface area contributed by atoms with Gasteiger partial charge in [0.05, 0.1) is 4.90 Å². The van der Waals surface area contributed by atoms with Crippen LogP contribution in [-0.2, 0) is 10.0 Å². The van der Waals surface area contributed by atoms with Gasteiger partial charge in [0.25, 0.3) is 0 Å². The molecule has 1 aliphatic heterocycles. The Kier molecular flexibility index (Phi) is 4.05. The van der Waals surface area contributed by atoms with Crippen LogP contribution in [0.4, 0.5) is 4.39 Å². The number of nitrogens with zero attached hydrogens (tertiary/aromatic N) is 1. The molecule has 1 heterocycles. The number of hydrogen-bond donors (Lipinski definition) is 1. The van der Waals surface area contributed by atoms with Gasteiger partial charge in [0, 0.05) is 23.6 Å². The second-order valence-electron chi connectivity index (χ2n) is 4.22. The lowest BCUT2D eigenvalue weighted by Crippen LogP contribution is -2.39. The van der Waals surface area contributed by atoms with Gasteiger partial charge in [-0.3, -0.25) is 0 Å². The molecule has 1 unspecified atom stereocenters. The molecule has 0 aromatic heterocycles. The first-order chi connectivity index (χ1) is 8.46. The van der Waals surface area contributed by atoms with Crippen molar-refractivity contribution >= 4 is 26.0 Å². The van der Waals surface area contributed by atoms with Crippen LogP contribution in [0.2, 0.25) is 0 Å². The van der Waals surface area contributed by atoms with Gasteiger partial charge < -0.3 is 5.73 Å². The summed E-state index contributed by atoms with van der Waals surface area (Å²) in [6.45, 7) is 0.770. The van der Waals surface area contributed by atoms with Crippen LogP contribution in [0.5, 0.6) is 0 Å². The van der Waals surface area contributed by atoms with Gasteiger partial charge in [0.15, 0.2) is 0 Å². The minimum Gasteiger partial charge on any atom is -0.329 e. The van der Waals surface area contributed by atoms with E-state index in [-0.39, 0.29) is 15.4 Å². The van der Waals surface area contributed by atoms with E-state index >= 15 is 0 Å². The number of sulfonamides is 1. The van der Waals surface area contributed by atoms with Gasteiger partial charge in [-0.05, 0) is 47.0 Å². The van der Waals surface area contributed by atoms with E-state index in [0.29, 0.717) is 13.1 Å². The van der Waals surface area contributed by atoms with Gasteiger partial charge in [0.1, 0.15) is 5.82 Å².